The Balaban J connectivity index is 2.29. The summed E-state index contributed by atoms with van der Waals surface area (Å²) in [5.74, 6) is 0. The van der Waals surface area contributed by atoms with E-state index < -0.39 is 0 Å². The van der Waals surface area contributed by atoms with Crippen molar-refractivity contribution in [2.24, 2.45) is 0 Å². The van der Waals surface area contributed by atoms with Crippen LogP contribution in [0.4, 0.5) is 0 Å². The highest BCUT2D eigenvalue weighted by atomic mass is 35.5. The molecule has 0 unspecified atom stereocenters. The van der Waals surface area contributed by atoms with Gasteiger partial charge in [-0.2, -0.15) is 5.10 Å². The maximum Gasteiger partial charge on any atom is 0.267 e. The second-order valence-electron chi connectivity index (χ2n) is 3.28. The molecule has 76 valence electrons. The Kier molecular flexibility index (Phi) is 2.84. The van der Waals surface area contributed by atoms with Crippen LogP contribution in [-0.4, -0.2) is 23.0 Å². The summed E-state index contributed by atoms with van der Waals surface area (Å²) in [4.78, 5) is 11.5. The average molecular weight is 215 g/mol. The lowest BCUT2D eigenvalue weighted by Gasteiger charge is -2.22. The maximum atomic E-state index is 11.5. The molecule has 14 heavy (non-hydrogen) atoms. The smallest absolute Gasteiger partial charge is 0.267 e. The molecule has 0 spiro atoms. The topological polar surface area (TPSA) is 44.1 Å². The van der Waals surface area contributed by atoms with E-state index in [1.165, 1.54) is 16.8 Å². The van der Waals surface area contributed by atoms with E-state index in [4.69, 9.17) is 16.3 Å². The molecule has 0 radical (unpaired) electrons. The largest absolute Gasteiger partial charge is 0.381 e. The van der Waals surface area contributed by atoms with Gasteiger partial charge in [0.05, 0.1) is 6.04 Å². The van der Waals surface area contributed by atoms with Crippen molar-refractivity contribution in [3.05, 3.63) is 27.6 Å². The van der Waals surface area contributed by atoms with Gasteiger partial charge in [-0.15, -0.1) is 0 Å². The van der Waals surface area contributed by atoms with E-state index >= 15 is 0 Å². The second kappa shape index (κ2) is 4.11. The number of rotatable bonds is 1. The molecule has 2 rings (SSSR count). The Morgan fingerprint density at radius 1 is 1.43 bits per heavy atom. The number of halogens is 1. The Morgan fingerprint density at radius 3 is 2.86 bits per heavy atom. The van der Waals surface area contributed by atoms with E-state index in [1.807, 2.05) is 0 Å². The van der Waals surface area contributed by atoms with Crippen LogP contribution in [0, 0.1) is 0 Å². The molecule has 0 amide bonds. The highest BCUT2D eigenvalue weighted by Gasteiger charge is 2.17. The van der Waals surface area contributed by atoms with Gasteiger partial charge in [0.25, 0.3) is 5.56 Å². The van der Waals surface area contributed by atoms with E-state index in [1.54, 1.807) is 0 Å². The molecule has 1 aromatic heterocycles. The number of aromatic nitrogens is 2. The zero-order chi connectivity index (χ0) is 9.97. The third kappa shape index (κ3) is 1.96. The number of hydrogen-bond acceptors (Lipinski definition) is 3. The minimum atomic E-state index is -0.0960. The predicted octanol–water partition coefficient (Wildman–Crippen LogP) is 1.25. The molecule has 1 aliphatic rings. The standard InChI is InChI=1S/C9H11ClN2O2/c10-8-1-2-9(13)12(11-8)7-3-5-14-6-4-7/h1-2,7H,3-6H2. The van der Waals surface area contributed by atoms with Crippen LogP contribution in [0.25, 0.3) is 0 Å². The lowest BCUT2D eigenvalue weighted by Crippen LogP contribution is -2.30. The van der Waals surface area contributed by atoms with E-state index in [0.29, 0.717) is 18.4 Å². The first-order valence-electron chi connectivity index (χ1n) is 4.60. The summed E-state index contributed by atoms with van der Waals surface area (Å²) in [6.45, 7) is 1.37. The first-order valence-corrected chi connectivity index (χ1v) is 4.98. The molecule has 0 aromatic carbocycles. The van der Waals surface area contributed by atoms with Crippen LogP contribution in [0.15, 0.2) is 16.9 Å². The number of nitrogens with zero attached hydrogens (tertiary/aromatic N) is 2. The summed E-state index contributed by atoms with van der Waals surface area (Å²) in [7, 11) is 0. The fraction of sp³-hybridized carbons (Fsp3) is 0.556. The molecular formula is C9H11ClN2O2. The lowest BCUT2D eigenvalue weighted by molar-refractivity contribution is 0.0648. The lowest BCUT2D eigenvalue weighted by atomic mass is 10.1. The zero-order valence-corrected chi connectivity index (χ0v) is 8.41. The van der Waals surface area contributed by atoms with Crippen molar-refractivity contribution < 1.29 is 4.74 Å². The van der Waals surface area contributed by atoms with Crippen LogP contribution >= 0.6 is 11.6 Å². The van der Waals surface area contributed by atoms with Crippen molar-refractivity contribution in [1.29, 1.82) is 0 Å². The maximum absolute atomic E-state index is 11.5. The van der Waals surface area contributed by atoms with E-state index in [2.05, 4.69) is 5.10 Å². The summed E-state index contributed by atoms with van der Waals surface area (Å²) in [5.41, 5.74) is -0.0960. The van der Waals surface area contributed by atoms with Gasteiger partial charge in [0.15, 0.2) is 0 Å². The monoisotopic (exact) mass is 214 g/mol. The molecule has 0 aliphatic carbocycles. The van der Waals surface area contributed by atoms with Crippen LogP contribution in [0.2, 0.25) is 5.15 Å². The van der Waals surface area contributed by atoms with Crippen LogP contribution in [0.5, 0.6) is 0 Å². The van der Waals surface area contributed by atoms with Crippen molar-refractivity contribution in [2.45, 2.75) is 18.9 Å². The quantitative estimate of drug-likeness (QED) is 0.707. The Labute approximate surface area is 86.4 Å². The first-order chi connectivity index (χ1) is 6.77. The van der Waals surface area contributed by atoms with Gasteiger partial charge in [-0.05, 0) is 18.9 Å². The molecule has 0 saturated carbocycles. The van der Waals surface area contributed by atoms with Gasteiger partial charge in [-0.3, -0.25) is 4.79 Å². The fourth-order valence-electron chi connectivity index (χ4n) is 1.59. The normalized spacial score (nSPS) is 18.4. The van der Waals surface area contributed by atoms with Gasteiger partial charge < -0.3 is 4.74 Å². The van der Waals surface area contributed by atoms with Gasteiger partial charge in [0, 0.05) is 19.3 Å². The summed E-state index contributed by atoms with van der Waals surface area (Å²) in [5, 5.41) is 4.37. The van der Waals surface area contributed by atoms with E-state index in [0.717, 1.165) is 12.8 Å². The van der Waals surface area contributed by atoms with Crippen molar-refractivity contribution in [3.63, 3.8) is 0 Å². The van der Waals surface area contributed by atoms with Gasteiger partial charge >= 0.3 is 0 Å². The van der Waals surface area contributed by atoms with Crippen LogP contribution in [-0.2, 0) is 4.74 Å². The van der Waals surface area contributed by atoms with Crippen molar-refractivity contribution in [3.8, 4) is 0 Å². The summed E-state index contributed by atoms with van der Waals surface area (Å²) >= 11 is 5.73. The van der Waals surface area contributed by atoms with Crippen LogP contribution in [0.1, 0.15) is 18.9 Å². The SMILES string of the molecule is O=c1ccc(Cl)nn1C1CCOCC1. The van der Waals surface area contributed by atoms with Gasteiger partial charge in [-0.1, -0.05) is 11.6 Å². The van der Waals surface area contributed by atoms with Crippen molar-refractivity contribution in [1.82, 2.24) is 9.78 Å². The minimum Gasteiger partial charge on any atom is -0.381 e. The molecule has 2 heterocycles. The summed E-state index contributed by atoms with van der Waals surface area (Å²) < 4.78 is 6.68. The third-order valence-electron chi connectivity index (χ3n) is 2.33. The molecule has 5 heteroatoms. The highest BCUT2D eigenvalue weighted by Crippen LogP contribution is 2.18. The minimum absolute atomic E-state index is 0.0960. The molecular weight excluding hydrogens is 204 g/mol. The molecule has 0 N–H and O–H groups in total. The first kappa shape index (κ1) is 9.68. The fourth-order valence-corrected chi connectivity index (χ4v) is 1.74. The molecule has 0 bridgehead atoms. The number of hydrogen-bond donors (Lipinski definition) is 0. The van der Waals surface area contributed by atoms with Gasteiger partial charge in [0.1, 0.15) is 5.15 Å². The predicted molar refractivity (Wildman–Crippen MR) is 52.6 cm³/mol. The third-order valence-corrected chi connectivity index (χ3v) is 2.53. The molecule has 1 aromatic rings. The van der Waals surface area contributed by atoms with Crippen molar-refractivity contribution in [2.75, 3.05) is 13.2 Å². The highest BCUT2D eigenvalue weighted by molar-refractivity contribution is 6.29. The zero-order valence-electron chi connectivity index (χ0n) is 7.65. The van der Waals surface area contributed by atoms with E-state index in [-0.39, 0.29) is 11.6 Å². The Bertz CT molecular complexity index is 371. The molecule has 1 fully saturated rings. The Morgan fingerprint density at radius 2 is 2.14 bits per heavy atom. The molecule has 0 atom stereocenters. The van der Waals surface area contributed by atoms with Gasteiger partial charge in [0.2, 0.25) is 0 Å². The average Bonchev–Trinajstić information content (AvgIpc) is 2.23. The second-order valence-corrected chi connectivity index (χ2v) is 3.67. The summed E-state index contributed by atoms with van der Waals surface area (Å²) in [6, 6.07) is 3.10. The van der Waals surface area contributed by atoms with Gasteiger partial charge in [-0.25, -0.2) is 4.68 Å². The van der Waals surface area contributed by atoms with E-state index in [9.17, 15) is 4.79 Å². The molecule has 1 saturated heterocycles. The Hall–Kier alpha value is -0.870. The molecule has 1 aliphatic heterocycles. The number of ether oxygens (including phenoxy) is 1. The van der Waals surface area contributed by atoms with Crippen molar-refractivity contribution >= 4 is 11.6 Å². The molecule has 4 nitrogen and oxygen atoms in total. The van der Waals surface area contributed by atoms with Crippen LogP contribution in [0.3, 0.4) is 0 Å². The summed E-state index contributed by atoms with van der Waals surface area (Å²) in [6.07, 6.45) is 1.65. The van der Waals surface area contributed by atoms with Crippen LogP contribution < -0.4 is 5.56 Å².